The topological polar surface area (TPSA) is 87.9 Å². The third-order valence-corrected chi connectivity index (χ3v) is 17.2. The Labute approximate surface area is 473 Å². The van der Waals surface area contributed by atoms with Gasteiger partial charge in [-0.2, -0.15) is 0 Å². The van der Waals surface area contributed by atoms with Crippen molar-refractivity contribution in [3.8, 4) is 28.5 Å². The van der Waals surface area contributed by atoms with E-state index in [1.165, 1.54) is 10.9 Å². The van der Waals surface area contributed by atoms with Gasteiger partial charge in [0.15, 0.2) is 17.5 Å². The van der Waals surface area contributed by atoms with Crippen molar-refractivity contribution >= 4 is 126 Å². The predicted molar refractivity (Wildman–Crippen MR) is 338 cm³/mol. The number of rotatable bonds is 7. The van der Waals surface area contributed by atoms with Crippen molar-refractivity contribution in [2.75, 3.05) is 0 Å². The first-order valence-corrected chi connectivity index (χ1v) is 28.2. The number of allylic oxidation sites excluding steroid dienone is 4. The lowest BCUT2D eigenvalue weighted by Gasteiger charge is -2.31. The summed E-state index contributed by atoms with van der Waals surface area (Å²) < 4.78 is 25.0. The van der Waals surface area contributed by atoms with E-state index in [0.29, 0.717) is 23.9 Å². The molecule has 18 rings (SSSR count). The van der Waals surface area contributed by atoms with Crippen molar-refractivity contribution in [1.29, 1.82) is 0 Å². The van der Waals surface area contributed by atoms with Crippen LogP contribution in [0.15, 0.2) is 268 Å². The van der Waals surface area contributed by atoms with Gasteiger partial charge in [-0.25, -0.2) is 15.0 Å². The Hall–Kier alpha value is -11.1. The highest BCUT2D eigenvalue weighted by atomic mass is 16.3. The molecule has 0 radical (unpaired) electrons. The van der Waals surface area contributed by atoms with Crippen LogP contribution in [-0.4, -0.2) is 24.1 Å². The molecule has 0 spiro atoms. The first-order valence-electron chi connectivity index (χ1n) is 28.2. The molecule has 1 unspecified atom stereocenters. The average Bonchev–Trinajstić information content (AvgIpc) is 2.92. The molecule has 11 aromatic carbocycles. The summed E-state index contributed by atoms with van der Waals surface area (Å²) in [7, 11) is 0. The summed E-state index contributed by atoms with van der Waals surface area (Å²) in [6.45, 7) is 0. The number of hydrogen-bond acceptors (Lipinski definition) is 6. The minimum atomic E-state index is -0.161. The van der Waals surface area contributed by atoms with E-state index in [9.17, 15) is 0 Å². The number of hydrogen-bond donors (Lipinski definition) is 0. The van der Waals surface area contributed by atoms with Crippen LogP contribution in [0.5, 0.6) is 0 Å². The summed E-state index contributed by atoms with van der Waals surface area (Å²) in [6, 6.07) is 87.8. The molecule has 0 saturated heterocycles. The van der Waals surface area contributed by atoms with Crippen LogP contribution < -0.4 is 0 Å². The Morgan fingerprint density at radius 1 is 0.337 bits per heavy atom. The average molecular weight is 1060 g/mol. The fraction of sp³-hybridized carbons (Fsp3) is 0.0267. The van der Waals surface area contributed by atoms with Crippen molar-refractivity contribution in [2.45, 2.75) is 12.3 Å². The van der Waals surface area contributed by atoms with Gasteiger partial charge in [0.05, 0.1) is 27.5 Å². The number of aromatic nitrogens is 5. The monoisotopic (exact) mass is 1060 g/mol. The van der Waals surface area contributed by atoms with Gasteiger partial charge in [-0.05, 0) is 114 Å². The first kappa shape index (κ1) is 45.7. The summed E-state index contributed by atoms with van der Waals surface area (Å²) in [6.07, 6.45) is 2.92. The van der Waals surface area contributed by atoms with Crippen LogP contribution >= 0.6 is 0 Å². The molecule has 83 heavy (non-hydrogen) atoms. The van der Waals surface area contributed by atoms with Crippen molar-refractivity contribution in [3.63, 3.8) is 0 Å². The van der Waals surface area contributed by atoms with Crippen molar-refractivity contribution in [1.82, 2.24) is 24.1 Å². The molecule has 6 aromatic heterocycles. The van der Waals surface area contributed by atoms with Gasteiger partial charge in [-0.1, -0.05) is 164 Å². The molecule has 17 aromatic rings. The molecule has 8 nitrogen and oxygen atoms in total. The molecule has 0 aliphatic heterocycles. The zero-order valence-electron chi connectivity index (χ0n) is 44.5. The Kier molecular flexibility index (Phi) is 9.76. The van der Waals surface area contributed by atoms with Crippen LogP contribution in [-0.2, 0) is 0 Å². The highest BCUT2D eigenvalue weighted by Gasteiger charge is 2.33. The van der Waals surface area contributed by atoms with E-state index >= 15 is 0 Å². The molecule has 0 N–H and O–H groups in total. The van der Waals surface area contributed by atoms with E-state index in [1.54, 1.807) is 0 Å². The lowest BCUT2D eigenvalue weighted by Crippen LogP contribution is -2.16. The van der Waals surface area contributed by atoms with Crippen LogP contribution in [0, 0.1) is 0 Å². The second-order valence-electron chi connectivity index (χ2n) is 21.8. The molecule has 388 valence electrons. The number of furan rings is 3. The number of benzene rings is 11. The Bertz CT molecular complexity index is 5470. The molecule has 0 amide bonds. The molecular formula is C75H45N5O3. The van der Waals surface area contributed by atoms with Gasteiger partial charge in [-0.15, -0.1) is 0 Å². The van der Waals surface area contributed by atoms with E-state index in [4.69, 9.17) is 28.2 Å². The molecular weight excluding hydrogens is 1020 g/mol. The summed E-state index contributed by atoms with van der Waals surface area (Å²) in [5.41, 5.74) is 17.6. The van der Waals surface area contributed by atoms with E-state index in [1.807, 2.05) is 36.4 Å². The van der Waals surface area contributed by atoms with E-state index in [-0.39, 0.29) is 5.92 Å². The lowest BCUT2D eigenvalue weighted by atomic mass is 9.80. The van der Waals surface area contributed by atoms with Gasteiger partial charge in [0.25, 0.3) is 0 Å². The summed E-state index contributed by atoms with van der Waals surface area (Å²) in [5, 5.41) is 10.9. The Morgan fingerprint density at radius 2 is 0.867 bits per heavy atom. The minimum Gasteiger partial charge on any atom is -0.456 e. The largest absolute Gasteiger partial charge is 0.456 e. The maximum atomic E-state index is 7.23. The lowest BCUT2D eigenvalue weighted by molar-refractivity contribution is 0.668. The summed E-state index contributed by atoms with van der Waals surface area (Å²) in [4.78, 5) is 16.2. The molecule has 0 fully saturated rings. The van der Waals surface area contributed by atoms with Crippen molar-refractivity contribution in [3.05, 3.63) is 272 Å². The highest BCUT2D eigenvalue weighted by molar-refractivity contribution is 6.26. The first-order chi connectivity index (χ1) is 41.1. The SMILES string of the molecule is C1=C(c2nc(-c3ccc4c(c3)oc3ccccc34)nc(-c3ccc4c(c3)oc3ccccc34)n2)CC(c2ccccc2)C(n2c3ccccc3c3c4oc5cc6c7ccccc7n(-c7ccccc7)c6cc5c4ccc32)=C1c1ccccc1. The smallest absolute Gasteiger partial charge is 0.164 e. The van der Waals surface area contributed by atoms with Crippen molar-refractivity contribution in [2.24, 2.45) is 0 Å². The second kappa shape index (κ2) is 17.7. The van der Waals surface area contributed by atoms with Crippen LogP contribution in [0.2, 0.25) is 0 Å². The maximum Gasteiger partial charge on any atom is 0.164 e. The standard InChI is InChI=1S/C75H45N5O3/c1-4-18-44(19-5-1)57-38-48(75-77-73(46-32-34-53-51-25-12-16-30-65(51)81-67(53)40-46)76-74(78-75)47-33-35-54-52-26-13-17-31-66(52)82-68(54)41-47)39-58(45-20-6-2-7-21-45)71(57)80-62-29-15-11-27-56(62)70-63(80)37-36-55-60-42-64-59(43-69(60)83-72(55)70)50-24-10-14-28-61(50)79(64)49-22-8-3-9-23-49/h1-38,40-43,58H,39H2. The van der Waals surface area contributed by atoms with Crippen molar-refractivity contribution < 1.29 is 13.3 Å². The van der Waals surface area contributed by atoms with Gasteiger partial charge in [0, 0.05) is 82.5 Å². The highest BCUT2D eigenvalue weighted by Crippen LogP contribution is 2.51. The molecule has 6 heterocycles. The summed E-state index contributed by atoms with van der Waals surface area (Å²) in [5.74, 6) is 1.53. The van der Waals surface area contributed by atoms with Crippen LogP contribution in [0.4, 0.5) is 0 Å². The predicted octanol–water partition coefficient (Wildman–Crippen LogP) is 19.7. The third kappa shape index (κ3) is 6.96. The quantitative estimate of drug-likeness (QED) is 0.158. The van der Waals surface area contributed by atoms with Gasteiger partial charge in [-0.3, -0.25) is 0 Å². The van der Waals surface area contributed by atoms with E-state index < -0.39 is 0 Å². The van der Waals surface area contributed by atoms with Gasteiger partial charge < -0.3 is 22.4 Å². The molecule has 0 saturated carbocycles. The van der Waals surface area contributed by atoms with Gasteiger partial charge in [0.2, 0.25) is 0 Å². The molecule has 0 bridgehead atoms. The molecule has 8 heteroatoms. The second-order valence-corrected chi connectivity index (χ2v) is 21.8. The summed E-state index contributed by atoms with van der Waals surface area (Å²) >= 11 is 0. The fourth-order valence-electron chi connectivity index (χ4n) is 13.4. The Balaban J connectivity index is 0.883. The van der Waals surface area contributed by atoms with Gasteiger partial charge in [0.1, 0.15) is 33.5 Å². The van der Waals surface area contributed by atoms with Crippen LogP contribution in [0.25, 0.3) is 155 Å². The normalized spacial score (nSPS) is 14.1. The number of para-hydroxylation sites is 5. The maximum absolute atomic E-state index is 7.23. The fourth-order valence-corrected chi connectivity index (χ4v) is 13.4. The van der Waals surface area contributed by atoms with Gasteiger partial charge >= 0.3 is 0 Å². The molecule has 1 atom stereocenters. The zero-order valence-corrected chi connectivity index (χ0v) is 44.5. The Morgan fingerprint density at radius 3 is 1.54 bits per heavy atom. The number of nitrogens with zero attached hydrogens (tertiary/aromatic N) is 5. The van der Waals surface area contributed by atoms with E-state index in [2.05, 4.69) is 228 Å². The van der Waals surface area contributed by atoms with Crippen LogP contribution in [0.3, 0.4) is 0 Å². The zero-order chi connectivity index (χ0) is 54.3. The van der Waals surface area contributed by atoms with E-state index in [0.717, 1.165) is 143 Å². The molecule has 1 aliphatic carbocycles. The van der Waals surface area contributed by atoms with Crippen LogP contribution in [0.1, 0.15) is 29.3 Å². The third-order valence-electron chi connectivity index (χ3n) is 17.2. The number of fused-ring (bicyclic) bond motifs is 16. The molecule has 1 aliphatic rings. The minimum absolute atomic E-state index is 0.161.